The van der Waals surface area contributed by atoms with Gasteiger partial charge in [-0.05, 0) is 12.0 Å². The Kier molecular flexibility index (Phi) is 5.54. The number of nitro groups is 1. The number of rotatable bonds is 7. The van der Waals surface area contributed by atoms with Gasteiger partial charge in [0.25, 0.3) is 11.2 Å². The Bertz CT molecular complexity index is 785. The van der Waals surface area contributed by atoms with Gasteiger partial charge < -0.3 is 10.1 Å². The van der Waals surface area contributed by atoms with Crippen LogP contribution in [0.2, 0.25) is 0 Å². The third kappa shape index (κ3) is 4.11. The Morgan fingerprint density at radius 3 is 2.54 bits per heavy atom. The van der Waals surface area contributed by atoms with E-state index in [1.807, 2.05) is 0 Å². The van der Waals surface area contributed by atoms with Crippen LogP contribution in [-0.4, -0.2) is 32.4 Å². The number of non-ortho nitro benzene ring substituents is 1. The van der Waals surface area contributed by atoms with Gasteiger partial charge in [0.1, 0.15) is 11.6 Å². The first-order valence-corrected chi connectivity index (χ1v) is 7.35. The van der Waals surface area contributed by atoms with E-state index >= 15 is 0 Å². The molecule has 2 unspecified atom stereocenters. The van der Waals surface area contributed by atoms with Gasteiger partial charge in [0.15, 0.2) is 0 Å². The summed E-state index contributed by atoms with van der Waals surface area (Å²) in [6.07, 6.45) is 1.65. The zero-order chi connectivity index (χ0) is 17.7. The maximum absolute atomic E-state index is 12.5. The maximum Gasteiger partial charge on any atom is 0.269 e. The number of benzene rings is 1. The smallest absolute Gasteiger partial charge is 0.269 e. The summed E-state index contributed by atoms with van der Waals surface area (Å²) < 4.78 is 0. The quantitative estimate of drug-likeness (QED) is 0.580. The van der Waals surface area contributed by atoms with E-state index < -0.39 is 28.9 Å². The molecule has 2 rings (SSSR count). The van der Waals surface area contributed by atoms with Gasteiger partial charge >= 0.3 is 0 Å². The monoisotopic (exact) mass is 331 g/mol. The summed E-state index contributed by atoms with van der Waals surface area (Å²) in [7, 11) is 0. The van der Waals surface area contributed by atoms with Crippen molar-refractivity contribution in [2.45, 2.75) is 19.3 Å². The van der Waals surface area contributed by atoms with E-state index in [9.17, 15) is 24.8 Å². The lowest BCUT2D eigenvalue weighted by atomic mass is 9.89. The number of aromatic nitrogens is 2. The molecule has 0 amide bonds. The van der Waals surface area contributed by atoms with Gasteiger partial charge in [-0.1, -0.05) is 19.1 Å². The second kappa shape index (κ2) is 7.60. The van der Waals surface area contributed by atoms with Crippen molar-refractivity contribution in [1.82, 2.24) is 9.97 Å². The number of hydrogen-bond donors (Lipinski definition) is 2. The van der Waals surface area contributed by atoms with Crippen LogP contribution < -0.4 is 5.56 Å². The van der Waals surface area contributed by atoms with E-state index in [1.165, 1.54) is 24.4 Å². The Morgan fingerprint density at radius 1 is 1.33 bits per heavy atom. The molecule has 0 bridgehead atoms. The molecule has 0 aliphatic heterocycles. The summed E-state index contributed by atoms with van der Waals surface area (Å²) in [6.45, 7) is 1.24. The summed E-state index contributed by atoms with van der Waals surface area (Å²) in [4.78, 5) is 40.4. The molecule has 0 aliphatic rings. The lowest BCUT2D eigenvalue weighted by Crippen LogP contribution is -2.27. The Balaban J connectivity index is 2.12. The Labute approximate surface area is 137 Å². The van der Waals surface area contributed by atoms with E-state index in [0.29, 0.717) is 6.42 Å². The van der Waals surface area contributed by atoms with Gasteiger partial charge in [-0.25, -0.2) is 4.98 Å². The number of hydrogen-bond acceptors (Lipinski definition) is 6. The molecule has 1 aromatic carbocycles. The van der Waals surface area contributed by atoms with Crippen molar-refractivity contribution in [2.24, 2.45) is 5.92 Å². The number of H-pyrrole nitrogens is 1. The molecular weight excluding hydrogens is 314 g/mol. The molecule has 0 fully saturated rings. The molecule has 1 aromatic heterocycles. The average molecular weight is 331 g/mol. The minimum absolute atomic E-state index is 0.0166. The molecule has 2 atom stereocenters. The second-order valence-corrected chi connectivity index (χ2v) is 5.49. The molecule has 24 heavy (non-hydrogen) atoms. The number of nitrogens with zero attached hydrogens (tertiary/aromatic N) is 2. The van der Waals surface area contributed by atoms with Crippen LogP contribution in [0.3, 0.4) is 0 Å². The van der Waals surface area contributed by atoms with Gasteiger partial charge in [0.2, 0.25) is 0 Å². The summed E-state index contributed by atoms with van der Waals surface area (Å²) in [6, 6.07) is 7.18. The standard InChI is InChI=1S/C16H17N3O5/c1-10(8-11-2-4-12(5-3-11)19(23)24)15(22)13(9-20)16-17-7-6-14(21)18-16/h2-7,10,13,20H,8-9H2,1H3,(H,17,18,21). The number of ketones is 1. The van der Waals surface area contributed by atoms with Gasteiger partial charge in [0, 0.05) is 30.3 Å². The summed E-state index contributed by atoms with van der Waals surface area (Å²) >= 11 is 0. The Morgan fingerprint density at radius 2 is 2.00 bits per heavy atom. The van der Waals surface area contributed by atoms with E-state index in [1.54, 1.807) is 19.1 Å². The normalized spacial score (nSPS) is 13.2. The van der Waals surface area contributed by atoms with Crippen LogP contribution >= 0.6 is 0 Å². The fourth-order valence-electron chi connectivity index (χ4n) is 2.43. The third-order valence-corrected chi connectivity index (χ3v) is 3.72. The number of carbonyl (C=O) groups excluding carboxylic acids is 1. The highest BCUT2D eigenvalue weighted by Gasteiger charge is 2.27. The van der Waals surface area contributed by atoms with Crippen molar-refractivity contribution in [3.63, 3.8) is 0 Å². The van der Waals surface area contributed by atoms with Gasteiger partial charge in [-0.3, -0.25) is 19.7 Å². The van der Waals surface area contributed by atoms with E-state index in [0.717, 1.165) is 5.56 Å². The Hall–Kier alpha value is -2.87. The molecule has 126 valence electrons. The van der Waals surface area contributed by atoms with Crippen molar-refractivity contribution in [1.29, 1.82) is 0 Å². The molecule has 2 aromatic rings. The lowest BCUT2D eigenvalue weighted by Gasteiger charge is -2.17. The zero-order valence-corrected chi connectivity index (χ0v) is 13.0. The van der Waals surface area contributed by atoms with Crippen molar-refractivity contribution >= 4 is 11.5 Å². The highest BCUT2D eigenvalue weighted by Crippen LogP contribution is 2.20. The largest absolute Gasteiger partial charge is 0.395 e. The molecule has 0 spiro atoms. The van der Waals surface area contributed by atoms with Crippen LogP contribution in [0.1, 0.15) is 24.2 Å². The van der Waals surface area contributed by atoms with E-state index in [2.05, 4.69) is 9.97 Å². The predicted molar refractivity (Wildman–Crippen MR) is 85.7 cm³/mol. The minimum Gasteiger partial charge on any atom is -0.395 e. The summed E-state index contributed by atoms with van der Waals surface area (Å²) in [5.41, 5.74) is 0.360. The lowest BCUT2D eigenvalue weighted by molar-refractivity contribution is -0.384. The molecule has 8 nitrogen and oxygen atoms in total. The first-order chi connectivity index (χ1) is 11.4. The highest BCUT2D eigenvalue weighted by atomic mass is 16.6. The minimum atomic E-state index is -0.910. The van der Waals surface area contributed by atoms with Gasteiger partial charge in [-0.15, -0.1) is 0 Å². The highest BCUT2D eigenvalue weighted by molar-refractivity contribution is 5.87. The van der Waals surface area contributed by atoms with Crippen molar-refractivity contribution < 1.29 is 14.8 Å². The van der Waals surface area contributed by atoms with E-state index in [4.69, 9.17) is 0 Å². The van der Waals surface area contributed by atoms with Crippen LogP contribution in [0.5, 0.6) is 0 Å². The molecule has 0 radical (unpaired) electrons. The number of nitro benzene ring substituents is 1. The van der Waals surface area contributed by atoms with Crippen LogP contribution in [-0.2, 0) is 11.2 Å². The molecule has 8 heteroatoms. The van der Waals surface area contributed by atoms with Crippen LogP contribution in [0.25, 0.3) is 0 Å². The second-order valence-electron chi connectivity index (χ2n) is 5.49. The zero-order valence-electron chi connectivity index (χ0n) is 13.0. The van der Waals surface area contributed by atoms with E-state index in [-0.39, 0.29) is 17.3 Å². The number of Topliss-reactive ketones (excluding diaryl/α,β-unsaturated/α-hetero) is 1. The molecular formula is C16H17N3O5. The predicted octanol–water partition coefficient (Wildman–Crippen LogP) is 1.20. The first-order valence-electron chi connectivity index (χ1n) is 7.35. The van der Waals surface area contributed by atoms with Crippen LogP contribution in [0, 0.1) is 16.0 Å². The fraction of sp³-hybridized carbons (Fsp3) is 0.312. The summed E-state index contributed by atoms with van der Waals surface area (Å²) in [5, 5.41) is 20.1. The number of aliphatic hydroxyl groups is 1. The SMILES string of the molecule is CC(Cc1ccc([N+](=O)[O-])cc1)C(=O)C(CO)c1nccc(=O)[nH]1. The van der Waals surface area contributed by atoms with Crippen molar-refractivity contribution in [2.75, 3.05) is 6.61 Å². The molecule has 1 heterocycles. The molecule has 0 aliphatic carbocycles. The molecule has 0 saturated carbocycles. The number of aromatic amines is 1. The fourth-order valence-corrected chi connectivity index (χ4v) is 2.43. The summed E-state index contributed by atoms with van der Waals surface area (Å²) in [5.74, 6) is -1.49. The first kappa shape index (κ1) is 17.5. The van der Waals surface area contributed by atoms with Crippen molar-refractivity contribution in [3.05, 3.63) is 68.4 Å². The van der Waals surface area contributed by atoms with Gasteiger partial charge in [-0.2, -0.15) is 0 Å². The molecule has 2 N–H and O–H groups in total. The average Bonchev–Trinajstić information content (AvgIpc) is 2.56. The number of carbonyl (C=O) groups is 1. The number of aliphatic hydroxyl groups excluding tert-OH is 1. The van der Waals surface area contributed by atoms with Gasteiger partial charge in [0.05, 0.1) is 17.4 Å². The maximum atomic E-state index is 12.5. The number of nitrogens with one attached hydrogen (secondary N) is 1. The third-order valence-electron chi connectivity index (χ3n) is 3.72. The van der Waals surface area contributed by atoms with Crippen LogP contribution in [0.4, 0.5) is 5.69 Å². The topological polar surface area (TPSA) is 126 Å². The molecule has 0 saturated heterocycles. The van der Waals surface area contributed by atoms with Crippen LogP contribution in [0.15, 0.2) is 41.3 Å². The van der Waals surface area contributed by atoms with Crippen molar-refractivity contribution in [3.8, 4) is 0 Å².